The Morgan fingerprint density at radius 2 is 2.20 bits per heavy atom. The van der Waals surface area contributed by atoms with E-state index in [1.54, 1.807) is 0 Å². The maximum Gasteiger partial charge on any atom is 0.253 e. The molecule has 7 heteroatoms. The summed E-state index contributed by atoms with van der Waals surface area (Å²) in [6.07, 6.45) is 1.20. The summed E-state index contributed by atoms with van der Waals surface area (Å²) in [5.41, 5.74) is 0.221. The highest BCUT2D eigenvalue weighted by atomic mass is 79.9. The Balaban J connectivity index is 2.23. The minimum atomic E-state index is -0.473. The summed E-state index contributed by atoms with van der Waals surface area (Å²) in [7, 11) is 0. The van der Waals surface area contributed by atoms with Crippen molar-refractivity contribution in [1.82, 2.24) is 15.5 Å². The van der Waals surface area contributed by atoms with E-state index in [9.17, 15) is 9.18 Å². The molecule has 0 saturated heterocycles. The third-order valence-electron chi connectivity index (χ3n) is 2.78. The van der Waals surface area contributed by atoms with Crippen molar-refractivity contribution < 1.29 is 13.7 Å². The normalized spacial score (nSPS) is 12.4. The van der Waals surface area contributed by atoms with Gasteiger partial charge in [0.2, 0.25) is 6.39 Å². The Bertz CT molecular complexity index is 602. The van der Waals surface area contributed by atoms with E-state index in [1.807, 2.05) is 13.8 Å². The molecular weight excluding hydrogens is 329 g/mol. The van der Waals surface area contributed by atoms with Gasteiger partial charge in [0.25, 0.3) is 5.91 Å². The number of benzene rings is 1. The van der Waals surface area contributed by atoms with Gasteiger partial charge in [-0.15, -0.1) is 0 Å². The Morgan fingerprint density at radius 1 is 1.45 bits per heavy atom. The van der Waals surface area contributed by atoms with Crippen LogP contribution in [0.5, 0.6) is 0 Å². The van der Waals surface area contributed by atoms with Crippen molar-refractivity contribution in [2.24, 2.45) is 5.92 Å². The molecule has 1 aromatic heterocycles. The lowest BCUT2D eigenvalue weighted by atomic mass is 10.0. The molecule has 20 heavy (non-hydrogen) atoms. The molecule has 0 spiro atoms. The van der Waals surface area contributed by atoms with Gasteiger partial charge in [0.15, 0.2) is 5.82 Å². The molecular formula is C13H13BrFN3O2. The van der Waals surface area contributed by atoms with Gasteiger partial charge in [0.1, 0.15) is 5.82 Å². The molecule has 1 N–H and O–H groups in total. The molecule has 2 aromatic rings. The number of aromatic nitrogens is 2. The zero-order valence-electron chi connectivity index (χ0n) is 10.9. The summed E-state index contributed by atoms with van der Waals surface area (Å²) >= 11 is 3.23. The lowest BCUT2D eigenvalue weighted by Gasteiger charge is -2.19. The number of hydrogen-bond acceptors (Lipinski definition) is 4. The van der Waals surface area contributed by atoms with Gasteiger partial charge < -0.3 is 9.84 Å². The first-order valence-corrected chi connectivity index (χ1v) is 6.80. The molecule has 1 heterocycles. The SMILES string of the molecule is CC(C)[C@@H](NC(=O)c1cc(F)ccc1Br)c1ncon1. The highest BCUT2D eigenvalue weighted by Gasteiger charge is 2.24. The van der Waals surface area contributed by atoms with E-state index in [0.29, 0.717) is 10.3 Å². The summed E-state index contributed by atoms with van der Waals surface area (Å²) in [5.74, 6) is -0.427. The van der Waals surface area contributed by atoms with Gasteiger partial charge in [-0.1, -0.05) is 19.0 Å². The van der Waals surface area contributed by atoms with Crippen LogP contribution >= 0.6 is 15.9 Å². The van der Waals surface area contributed by atoms with Crippen LogP contribution in [-0.2, 0) is 0 Å². The molecule has 0 unspecified atom stereocenters. The van der Waals surface area contributed by atoms with Crippen molar-refractivity contribution >= 4 is 21.8 Å². The fourth-order valence-corrected chi connectivity index (χ4v) is 2.16. The van der Waals surface area contributed by atoms with Gasteiger partial charge in [0.05, 0.1) is 11.6 Å². The molecule has 0 radical (unpaired) electrons. The third-order valence-corrected chi connectivity index (χ3v) is 3.47. The molecule has 0 bridgehead atoms. The number of nitrogens with one attached hydrogen (secondary N) is 1. The standard InChI is InChI=1S/C13H13BrFN3O2/c1-7(2)11(12-16-6-20-18-12)17-13(19)9-5-8(15)3-4-10(9)14/h3-7,11H,1-2H3,(H,17,19)/t11-/m1/s1. The fraction of sp³-hybridized carbons (Fsp3) is 0.308. The third kappa shape index (κ3) is 3.22. The first-order valence-electron chi connectivity index (χ1n) is 6.01. The molecule has 0 aliphatic heterocycles. The Labute approximate surface area is 123 Å². The Kier molecular flexibility index (Phi) is 4.49. The number of rotatable bonds is 4. The van der Waals surface area contributed by atoms with Crippen molar-refractivity contribution in [1.29, 1.82) is 0 Å². The van der Waals surface area contributed by atoms with E-state index in [-0.39, 0.29) is 11.5 Å². The van der Waals surface area contributed by atoms with Crippen LogP contribution in [0.2, 0.25) is 0 Å². The average molecular weight is 342 g/mol. The molecule has 1 atom stereocenters. The second kappa shape index (κ2) is 6.13. The molecule has 0 aliphatic rings. The van der Waals surface area contributed by atoms with E-state index in [0.717, 1.165) is 0 Å². The van der Waals surface area contributed by atoms with Crippen molar-refractivity contribution in [3.8, 4) is 0 Å². The quantitative estimate of drug-likeness (QED) is 0.927. The Hall–Kier alpha value is -1.76. The highest BCUT2D eigenvalue weighted by Crippen LogP contribution is 2.22. The van der Waals surface area contributed by atoms with Gasteiger partial charge in [-0.2, -0.15) is 4.98 Å². The van der Waals surface area contributed by atoms with Gasteiger partial charge in [-0.25, -0.2) is 4.39 Å². The molecule has 5 nitrogen and oxygen atoms in total. The van der Waals surface area contributed by atoms with Crippen molar-refractivity contribution in [3.63, 3.8) is 0 Å². The molecule has 0 fully saturated rings. The summed E-state index contributed by atoms with van der Waals surface area (Å²) in [4.78, 5) is 16.2. The fourth-order valence-electron chi connectivity index (χ4n) is 1.74. The van der Waals surface area contributed by atoms with Gasteiger partial charge >= 0.3 is 0 Å². The number of nitrogens with zero attached hydrogens (tertiary/aromatic N) is 2. The van der Waals surface area contributed by atoms with Crippen molar-refractivity contribution in [3.05, 3.63) is 46.3 Å². The maximum absolute atomic E-state index is 13.2. The zero-order valence-corrected chi connectivity index (χ0v) is 12.5. The minimum Gasteiger partial charge on any atom is -0.343 e. The van der Waals surface area contributed by atoms with Crippen LogP contribution in [0.3, 0.4) is 0 Å². The van der Waals surface area contributed by atoms with E-state index >= 15 is 0 Å². The molecule has 0 saturated carbocycles. The van der Waals surface area contributed by atoms with E-state index in [1.165, 1.54) is 24.6 Å². The molecule has 2 rings (SSSR count). The van der Waals surface area contributed by atoms with Crippen molar-refractivity contribution in [2.75, 3.05) is 0 Å². The second-order valence-corrected chi connectivity index (χ2v) is 5.46. The first-order chi connectivity index (χ1) is 9.49. The first kappa shape index (κ1) is 14.6. The van der Waals surface area contributed by atoms with E-state index < -0.39 is 17.8 Å². The predicted molar refractivity (Wildman–Crippen MR) is 73.4 cm³/mol. The molecule has 1 amide bonds. The topological polar surface area (TPSA) is 68.0 Å². The predicted octanol–water partition coefficient (Wildman–Crippen LogP) is 3.10. The lowest BCUT2D eigenvalue weighted by Crippen LogP contribution is -2.32. The van der Waals surface area contributed by atoms with E-state index in [2.05, 4.69) is 31.4 Å². The molecule has 0 aliphatic carbocycles. The maximum atomic E-state index is 13.2. The second-order valence-electron chi connectivity index (χ2n) is 4.61. The molecule has 1 aromatic carbocycles. The van der Waals surface area contributed by atoms with Crippen LogP contribution in [0.4, 0.5) is 4.39 Å². The van der Waals surface area contributed by atoms with Crippen LogP contribution in [0.25, 0.3) is 0 Å². The minimum absolute atomic E-state index is 0.0592. The van der Waals surface area contributed by atoms with Crippen LogP contribution in [0, 0.1) is 11.7 Å². The average Bonchev–Trinajstić information content (AvgIpc) is 2.91. The summed E-state index contributed by atoms with van der Waals surface area (Å²) in [5, 5.41) is 6.52. The monoisotopic (exact) mass is 341 g/mol. The Morgan fingerprint density at radius 3 is 2.80 bits per heavy atom. The van der Waals surface area contributed by atoms with Gasteiger partial charge in [-0.05, 0) is 40.0 Å². The zero-order chi connectivity index (χ0) is 14.7. The van der Waals surface area contributed by atoms with Crippen LogP contribution in [-0.4, -0.2) is 16.0 Å². The summed E-state index contributed by atoms with van der Waals surface area (Å²) < 4.78 is 18.5. The lowest BCUT2D eigenvalue weighted by molar-refractivity contribution is 0.0921. The number of halogens is 2. The summed E-state index contributed by atoms with van der Waals surface area (Å²) in [6.45, 7) is 3.84. The smallest absolute Gasteiger partial charge is 0.253 e. The van der Waals surface area contributed by atoms with Crippen LogP contribution < -0.4 is 5.32 Å². The molecule has 106 valence electrons. The summed E-state index contributed by atoms with van der Waals surface area (Å²) in [6, 6.07) is 3.53. The van der Waals surface area contributed by atoms with Gasteiger partial charge in [0, 0.05) is 4.47 Å². The number of hydrogen-bond donors (Lipinski definition) is 1. The number of carbonyl (C=O) groups is 1. The largest absolute Gasteiger partial charge is 0.343 e. The number of carbonyl (C=O) groups excluding carboxylic acids is 1. The van der Waals surface area contributed by atoms with Crippen LogP contribution in [0.1, 0.15) is 36.1 Å². The van der Waals surface area contributed by atoms with Crippen molar-refractivity contribution in [2.45, 2.75) is 19.9 Å². The van der Waals surface area contributed by atoms with Gasteiger partial charge in [-0.3, -0.25) is 4.79 Å². The van der Waals surface area contributed by atoms with Crippen LogP contribution in [0.15, 0.2) is 33.6 Å². The van der Waals surface area contributed by atoms with E-state index in [4.69, 9.17) is 4.52 Å². The number of amides is 1. The highest BCUT2D eigenvalue weighted by molar-refractivity contribution is 9.10.